The number of phenolic OH excluding ortho intramolecular Hbond substituents is 1. The number of halogens is 1. The summed E-state index contributed by atoms with van der Waals surface area (Å²) in [5, 5.41) is 10.3. The van der Waals surface area contributed by atoms with Crippen LogP contribution in [0.5, 0.6) is 5.75 Å². The van der Waals surface area contributed by atoms with Crippen LogP contribution in [0.4, 0.5) is 4.79 Å². The molecule has 0 bridgehead atoms. The molecule has 126 valence electrons. The van der Waals surface area contributed by atoms with Crippen LogP contribution >= 0.6 is 39.9 Å². The number of hydrazine groups is 1. The van der Waals surface area contributed by atoms with Crippen LogP contribution in [0, 0.1) is 0 Å². The van der Waals surface area contributed by atoms with Gasteiger partial charge >= 0.3 is 5.24 Å². The minimum atomic E-state index is -0.612. The molecule has 8 heteroatoms. The van der Waals surface area contributed by atoms with Gasteiger partial charge in [0, 0.05) is 4.47 Å². The molecule has 0 unspecified atom stereocenters. The van der Waals surface area contributed by atoms with E-state index in [0.717, 1.165) is 26.8 Å². The quantitative estimate of drug-likeness (QED) is 0.555. The van der Waals surface area contributed by atoms with Gasteiger partial charge in [0.25, 0.3) is 5.91 Å². The molecule has 0 saturated carbocycles. The van der Waals surface area contributed by atoms with Gasteiger partial charge in [0.1, 0.15) is 10.7 Å². The number of benzene rings is 2. The molecule has 1 aliphatic heterocycles. The molecule has 2 N–H and O–H groups in total. The number of aromatic hydroxyl groups is 1. The summed E-state index contributed by atoms with van der Waals surface area (Å²) in [6, 6.07) is 13.6. The first-order valence-corrected chi connectivity index (χ1v) is 9.10. The van der Waals surface area contributed by atoms with E-state index in [2.05, 4.69) is 21.4 Å². The van der Waals surface area contributed by atoms with Crippen molar-refractivity contribution in [2.45, 2.75) is 0 Å². The summed E-state index contributed by atoms with van der Waals surface area (Å²) >= 11 is 9.60. The van der Waals surface area contributed by atoms with E-state index in [1.54, 1.807) is 18.2 Å². The summed E-state index contributed by atoms with van der Waals surface area (Å²) in [7, 11) is 0. The second-order valence-electron chi connectivity index (χ2n) is 5.03. The molecule has 0 atom stereocenters. The second kappa shape index (κ2) is 7.38. The third kappa shape index (κ3) is 3.92. The second-order valence-corrected chi connectivity index (χ2v) is 7.32. The molecule has 0 spiro atoms. The van der Waals surface area contributed by atoms with Gasteiger partial charge in [0.2, 0.25) is 0 Å². The Morgan fingerprint density at radius 2 is 1.88 bits per heavy atom. The van der Waals surface area contributed by atoms with Gasteiger partial charge in [-0.2, -0.15) is 5.01 Å². The van der Waals surface area contributed by atoms with Gasteiger partial charge in [-0.25, -0.2) is 0 Å². The first kappa shape index (κ1) is 17.7. The number of thioether (sulfide) groups is 1. The first-order valence-electron chi connectivity index (χ1n) is 7.08. The summed E-state index contributed by atoms with van der Waals surface area (Å²) in [6.07, 6.45) is 1.78. The first-order chi connectivity index (χ1) is 12.0. The number of rotatable bonds is 3. The number of para-hydroxylation sites is 1. The Kier molecular flexibility index (Phi) is 5.22. The van der Waals surface area contributed by atoms with Crippen LogP contribution in [0.3, 0.4) is 0 Å². The fourth-order valence-corrected chi connectivity index (χ4v) is 3.53. The highest BCUT2D eigenvalue weighted by atomic mass is 79.9. The van der Waals surface area contributed by atoms with E-state index in [1.807, 2.05) is 24.3 Å². The Morgan fingerprint density at radius 3 is 2.56 bits per heavy atom. The van der Waals surface area contributed by atoms with Gasteiger partial charge in [0.05, 0.1) is 10.5 Å². The molecule has 1 heterocycles. The van der Waals surface area contributed by atoms with E-state index in [0.29, 0.717) is 4.91 Å². The number of hydrogen-bond donors (Lipinski definition) is 2. The highest BCUT2D eigenvalue weighted by Gasteiger charge is 2.33. The maximum Gasteiger partial charge on any atom is 0.310 e. The van der Waals surface area contributed by atoms with Crippen LogP contribution in [0.2, 0.25) is 0 Å². The number of phenols is 1. The number of nitrogens with one attached hydrogen (secondary N) is 1. The van der Waals surface area contributed by atoms with E-state index < -0.39 is 11.1 Å². The lowest BCUT2D eigenvalue weighted by Crippen LogP contribution is -2.44. The zero-order valence-electron chi connectivity index (χ0n) is 12.6. The molecule has 0 aliphatic carbocycles. The third-order valence-corrected chi connectivity index (χ3v) is 5.27. The summed E-state index contributed by atoms with van der Waals surface area (Å²) in [5.74, 6) is -0.782. The number of hydrogen-bond acceptors (Lipinski definition) is 5. The molecule has 2 amide bonds. The molecule has 1 aliphatic rings. The van der Waals surface area contributed by atoms with Gasteiger partial charge in [-0.05, 0) is 47.7 Å². The molecule has 1 fully saturated rings. The number of nitrogens with zero attached hydrogens (tertiary/aromatic N) is 1. The highest BCUT2D eigenvalue weighted by molar-refractivity contribution is 9.10. The molecule has 2 aromatic rings. The van der Waals surface area contributed by atoms with Crippen LogP contribution in [-0.2, 0) is 0 Å². The van der Waals surface area contributed by atoms with Gasteiger partial charge < -0.3 is 5.11 Å². The van der Waals surface area contributed by atoms with Gasteiger partial charge in [-0.3, -0.25) is 15.0 Å². The van der Waals surface area contributed by atoms with Crippen molar-refractivity contribution in [2.75, 3.05) is 0 Å². The van der Waals surface area contributed by atoms with E-state index >= 15 is 0 Å². The minimum Gasteiger partial charge on any atom is -0.507 e. The molecular formula is C17H11BrN2O3S2. The summed E-state index contributed by atoms with van der Waals surface area (Å²) in [6.45, 7) is 0. The van der Waals surface area contributed by atoms with Crippen molar-refractivity contribution in [3.05, 3.63) is 69.0 Å². The van der Waals surface area contributed by atoms with E-state index in [9.17, 15) is 14.7 Å². The Bertz CT molecular complexity index is 897. The lowest BCUT2D eigenvalue weighted by Gasteiger charge is -2.16. The van der Waals surface area contributed by atoms with Crippen molar-refractivity contribution < 1.29 is 14.7 Å². The van der Waals surface area contributed by atoms with Crippen molar-refractivity contribution in [1.29, 1.82) is 0 Å². The lowest BCUT2D eigenvalue weighted by atomic mass is 10.2. The smallest absolute Gasteiger partial charge is 0.310 e. The molecule has 0 radical (unpaired) electrons. The molecule has 25 heavy (non-hydrogen) atoms. The fraction of sp³-hybridized carbons (Fsp3) is 0. The predicted molar refractivity (Wildman–Crippen MR) is 105 cm³/mol. The van der Waals surface area contributed by atoms with Crippen LogP contribution in [0.1, 0.15) is 15.9 Å². The minimum absolute atomic E-state index is 0.0634. The topological polar surface area (TPSA) is 69.6 Å². The molecule has 5 nitrogen and oxygen atoms in total. The van der Waals surface area contributed by atoms with Crippen molar-refractivity contribution in [1.82, 2.24) is 10.4 Å². The number of carbonyl (C=O) groups excluding carboxylic acids is 2. The highest BCUT2D eigenvalue weighted by Crippen LogP contribution is 2.32. The number of amides is 2. The normalized spacial score (nSPS) is 15.7. The van der Waals surface area contributed by atoms with Gasteiger partial charge in [-0.1, -0.05) is 52.4 Å². The monoisotopic (exact) mass is 434 g/mol. The number of carbonyl (C=O) groups is 2. The van der Waals surface area contributed by atoms with Gasteiger partial charge in [-0.15, -0.1) is 0 Å². The summed E-state index contributed by atoms with van der Waals surface area (Å²) < 4.78 is 0.948. The average Bonchev–Trinajstić information content (AvgIpc) is 2.85. The SMILES string of the molecule is O=C(NN1C(=O)S/C(=C/c2ccc(Br)cc2)C1=S)c1ccccc1O. The van der Waals surface area contributed by atoms with E-state index in [1.165, 1.54) is 12.1 Å². The van der Waals surface area contributed by atoms with Crippen molar-refractivity contribution in [2.24, 2.45) is 0 Å². The molecule has 0 aromatic heterocycles. The average molecular weight is 435 g/mol. The van der Waals surface area contributed by atoms with E-state index in [-0.39, 0.29) is 16.3 Å². The zero-order valence-corrected chi connectivity index (χ0v) is 15.8. The Hall–Kier alpha value is -2.16. The molecule has 2 aromatic carbocycles. The maximum atomic E-state index is 12.3. The molecule has 1 saturated heterocycles. The third-order valence-electron chi connectivity index (χ3n) is 3.32. The van der Waals surface area contributed by atoms with Crippen molar-refractivity contribution in [3.8, 4) is 5.75 Å². The molecular weight excluding hydrogens is 424 g/mol. The van der Waals surface area contributed by atoms with E-state index in [4.69, 9.17) is 12.2 Å². The van der Waals surface area contributed by atoms with Crippen LogP contribution in [0.25, 0.3) is 6.08 Å². The predicted octanol–water partition coefficient (Wildman–Crippen LogP) is 4.34. The number of thiocarbonyl (C=S) groups is 1. The maximum absolute atomic E-state index is 12.3. The van der Waals surface area contributed by atoms with Crippen LogP contribution in [-0.4, -0.2) is 26.3 Å². The van der Waals surface area contributed by atoms with Gasteiger partial charge in [0.15, 0.2) is 0 Å². The Labute approximate surface area is 161 Å². The lowest BCUT2D eigenvalue weighted by molar-refractivity contribution is 0.0893. The van der Waals surface area contributed by atoms with Crippen molar-refractivity contribution in [3.63, 3.8) is 0 Å². The summed E-state index contributed by atoms with van der Waals surface area (Å²) in [5.41, 5.74) is 3.38. The standard InChI is InChI=1S/C17H11BrN2O3S2/c18-11-7-5-10(6-8-11)9-14-16(24)20(17(23)25-14)19-15(22)12-3-1-2-4-13(12)21/h1-9,21H,(H,19,22)/b14-9+. The van der Waals surface area contributed by atoms with Crippen LogP contribution in [0.15, 0.2) is 57.9 Å². The Balaban J connectivity index is 1.79. The van der Waals surface area contributed by atoms with Crippen LogP contribution < -0.4 is 5.43 Å². The summed E-state index contributed by atoms with van der Waals surface area (Å²) in [4.78, 5) is 25.2. The molecule has 3 rings (SSSR count). The Morgan fingerprint density at radius 1 is 1.20 bits per heavy atom. The zero-order chi connectivity index (χ0) is 18.0. The largest absolute Gasteiger partial charge is 0.507 e. The fourth-order valence-electron chi connectivity index (χ4n) is 2.10. The van der Waals surface area contributed by atoms with Crippen molar-refractivity contribution >= 4 is 62.1 Å².